The van der Waals surface area contributed by atoms with Crippen LogP contribution in [0.5, 0.6) is 0 Å². The first-order valence-electron chi connectivity index (χ1n) is 20.4. The number of ether oxygens (including phenoxy) is 1. The summed E-state index contributed by atoms with van der Waals surface area (Å²) in [7, 11) is -1.84. The summed E-state index contributed by atoms with van der Waals surface area (Å²) in [6, 6.07) is 7.58. The van der Waals surface area contributed by atoms with Crippen molar-refractivity contribution in [3.8, 4) is 0 Å². The minimum absolute atomic E-state index is 0.0131. The van der Waals surface area contributed by atoms with Crippen molar-refractivity contribution in [1.82, 2.24) is 9.62 Å². The molecule has 9 nitrogen and oxygen atoms in total. The summed E-state index contributed by atoms with van der Waals surface area (Å²) in [6.45, 7) is 28.2. The highest BCUT2D eigenvalue weighted by atomic mass is 35.5. The van der Waals surface area contributed by atoms with E-state index in [1.165, 1.54) is 42.5 Å². The number of sulfonamides is 1. The van der Waals surface area contributed by atoms with Gasteiger partial charge < -0.3 is 25.4 Å². The second-order valence-electron chi connectivity index (χ2n) is 13.7. The number of nitrogens with zero attached hydrogens (tertiary/aromatic N) is 1. The summed E-state index contributed by atoms with van der Waals surface area (Å²) < 4.78 is 31.7. The Bertz CT molecular complexity index is 1320. The first-order chi connectivity index (χ1) is 26.6. The molecule has 1 saturated heterocycles. The van der Waals surface area contributed by atoms with Gasteiger partial charge in [0.05, 0.1) is 23.6 Å². The number of carbonyl (C=O) groups excluding carboxylic acids is 3. The number of hydrogen-bond donors (Lipinski definition) is 2. The molecule has 1 heterocycles. The lowest BCUT2D eigenvalue weighted by atomic mass is 9.85. The average molecular weight is 827 g/mol. The van der Waals surface area contributed by atoms with Crippen LogP contribution in [0.15, 0.2) is 66.1 Å². The van der Waals surface area contributed by atoms with E-state index in [1.807, 2.05) is 99.6 Å². The molecule has 3 N–H and O–H groups in total. The Kier molecular flexibility index (Phi) is 41.6. The zero-order chi connectivity index (χ0) is 44.1. The summed E-state index contributed by atoms with van der Waals surface area (Å²) >= 11 is 5.80. The van der Waals surface area contributed by atoms with Crippen LogP contribution in [0.2, 0.25) is 5.02 Å². The van der Waals surface area contributed by atoms with Crippen LogP contribution in [-0.2, 0) is 29.1 Å². The van der Waals surface area contributed by atoms with E-state index in [-0.39, 0.29) is 35.4 Å². The molecule has 0 bridgehead atoms. The van der Waals surface area contributed by atoms with E-state index in [1.54, 1.807) is 18.2 Å². The van der Waals surface area contributed by atoms with Gasteiger partial charge in [0, 0.05) is 29.6 Å². The molecule has 1 aromatic rings. The number of allylic oxidation sites excluding steroid dienone is 5. The van der Waals surface area contributed by atoms with Gasteiger partial charge in [0.1, 0.15) is 24.6 Å². The number of ketones is 1. The van der Waals surface area contributed by atoms with E-state index in [2.05, 4.69) is 32.7 Å². The molecule has 1 aromatic carbocycles. The Morgan fingerprint density at radius 3 is 1.95 bits per heavy atom. The fraction of sp³-hybridized carbons (Fsp3) is 0.622. The van der Waals surface area contributed by atoms with Gasteiger partial charge in [0.2, 0.25) is 10.0 Å². The maximum absolute atomic E-state index is 12.4. The van der Waals surface area contributed by atoms with Gasteiger partial charge in [-0.05, 0) is 102 Å². The topological polar surface area (TPSA) is 136 Å². The molecule has 0 radical (unpaired) electrons. The second-order valence-corrected chi connectivity index (χ2v) is 16.1. The Balaban J connectivity index is -0.000000336. The number of benzene rings is 1. The largest absolute Gasteiger partial charge is 0.491 e. The zero-order valence-corrected chi connectivity index (χ0v) is 38.7. The summed E-state index contributed by atoms with van der Waals surface area (Å²) in [5.74, 6) is 2.39. The number of aldehydes is 1. The lowest BCUT2D eigenvalue weighted by Crippen LogP contribution is -2.41. The third-order valence-electron chi connectivity index (χ3n) is 7.71. The molecule has 2 aliphatic rings. The molecule has 324 valence electrons. The molecule has 1 saturated carbocycles. The molecule has 0 amide bonds. The molecular weight excluding hydrogens is 746 g/mol. The molecule has 56 heavy (non-hydrogen) atoms. The summed E-state index contributed by atoms with van der Waals surface area (Å²) in [5, 5.41) is 3.83. The first-order valence-corrected chi connectivity index (χ1v) is 22.2. The predicted molar refractivity (Wildman–Crippen MR) is 242 cm³/mol. The molecule has 0 spiro atoms. The van der Waals surface area contributed by atoms with Gasteiger partial charge in [0.25, 0.3) is 0 Å². The highest BCUT2D eigenvalue weighted by molar-refractivity contribution is 7.93. The van der Waals surface area contributed by atoms with Crippen LogP contribution in [0.25, 0.3) is 5.76 Å². The summed E-state index contributed by atoms with van der Waals surface area (Å²) in [4.78, 5) is 30.2. The highest BCUT2D eigenvalue weighted by Gasteiger charge is 2.28. The van der Waals surface area contributed by atoms with E-state index in [9.17, 15) is 18.0 Å². The summed E-state index contributed by atoms with van der Waals surface area (Å²) in [5.41, 5.74) is 6.60. The van der Waals surface area contributed by atoms with Crippen LogP contribution in [0.4, 0.5) is 0 Å². The van der Waals surface area contributed by atoms with E-state index in [0.29, 0.717) is 13.0 Å². The van der Waals surface area contributed by atoms with Crippen molar-refractivity contribution in [2.24, 2.45) is 17.6 Å². The van der Waals surface area contributed by atoms with E-state index in [0.717, 1.165) is 53.7 Å². The van der Waals surface area contributed by atoms with Crippen molar-refractivity contribution in [2.45, 2.75) is 152 Å². The van der Waals surface area contributed by atoms with E-state index in [4.69, 9.17) is 26.9 Å². The lowest BCUT2D eigenvalue weighted by molar-refractivity contribution is -0.120. The molecule has 11 heteroatoms. The standard InChI is InChI=1S/C15H24N2O3S.C12H15ClO.C9H17NO.C4H10.2C2H6.CH2O/c1-4-5-6-8-13(2)21(19,20)17-10-7-9-14(16-3)11-15(18)12-17;1-4-12(14-9(2)3)10-5-7-11(13)8-6-10;10-9(7-11)6-8-4-2-1-3-5-8;1-4(2)3;3*1-2/h4-6,8,14,16H,2,7,9-12H2,1,3H3;4-9H,1-3H3;7-9H,1-6,10H2;4H,1-3H3;2*1-2H3;1H2/b5-4-,8-6-;12-4-;;;;;/t14-;;;;;;/m0....../s1. The molecule has 0 aromatic heterocycles. The average Bonchev–Trinajstić information content (AvgIpc) is 3.18. The Hall–Kier alpha value is -2.89. The normalized spacial score (nSPS) is 16.9. The fourth-order valence-electron chi connectivity index (χ4n) is 5.24. The van der Waals surface area contributed by atoms with Crippen molar-refractivity contribution in [3.63, 3.8) is 0 Å². The maximum Gasteiger partial charge on any atom is 0.242 e. The van der Waals surface area contributed by atoms with Gasteiger partial charge in [-0.3, -0.25) is 4.79 Å². The van der Waals surface area contributed by atoms with Gasteiger partial charge in [-0.25, -0.2) is 8.42 Å². The molecule has 1 aliphatic heterocycles. The minimum Gasteiger partial charge on any atom is -0.491 e. The van der Waals surface area contributed by atoms with Gasteiger partial charge in [0.15, 0.2) is 0 Å². The molecule has 1 unspecified atom stereocenters. The minimum atomic E-state index is -3.66. The molecule has 1 aliphatic carbocycles. The van der Waals surface area contributed by atoms with E-state index >= 15 is 0 Å². The molecule has 3 rings (SSSR count). The fourth-order valence-corrected chi connectivity index (χ4v) is 6.63. The highest BCUT2D eigenvalue weighted by Crippen LogP contribution is 2.26. The van der Waals surface area contributed by atoms with Gasteiger partial charge in [-0.15, -0.1) is 0 Å². The van der Waals surface area contributed by atoms with Crippen LogP contribution < -0.4 is 11.1 Å². The SMILES string of the molecule is C/C=C(\OC(C)C)c1ccc(Cl)cc1.C=C(/C=C\C=C/C)S(=O)(=O)N1CCC[C@H](NC)CC(=O)C1.C=O.CC.CC.CC(C)C.NC(C=O)CC1CCCCC1. The van der Waals surface area contributed by atoms with Crippen molar-refractivity contribution >= 4 is 46.2 Å². The number of rotatable bonds is 11. The van der Waals surface area contributed by atoms with Crippen molar-refractivity contribution < 1.29 is 27.5 Å². The Morgan fingerprint density at radius 1 is 0.964 bits per heavy atom. The number of nitrogens with two attached hydrogens (primary N) is 1. The predicted octanol–water partition coefficient (Wildman–Crippen LogP) is 10.7. The monoisotopic (exact) mass is 826 g/mol. The lowest BCUT2D eigenvalue weighted by Gasteiger charge is -2.26. The smallest absolute Gasteiger partial charge is 0.242 e. The van der Waals surface area contributed by atoms with Crippen molar-refractivity contribution in [2.75, 3.05) is 20.1 Å². The van der Waals surface area contributed by atoms with Crippen LogP contribution >= 0.6 is 11.6 Å². The van der Waals surface area contributed by atoms with Crippen molar-refractivity contribution in [1.29, 1.82) is 0 Å². The maximum atomic E-state index is 12.4. The third kappa shape index (κ3) is 31.2. The third-order valence-corrected chi connectivity index (χ3v) is 9.75. The van der Waals surface area contributed by atoms with E-state index < -0.39 is 10.0 Å². The van der Waals surface area contributed by atoms with Gasteiger partial charge in [-0.2, -0.15) is 4.31 Å². The van der Waals surface area contributed by atoms with Crippen LogP contribution in [0.3, 0.4) is 0 Å². The van der Waals surface area contributed by atoms with Crippen LogP contribution in [0, 0.1) is 11.8 Å². The molecular formula is C45H80ClN3O6S. The molecule has 2 atom stereocenters. The van der Waals surface area contributed by atoms with Gasteiger partial charge in [-0.1, -0.05) is 117 Å². The molecule has 2 fully saturated rings. The first kappa shape index (κ1) is 59.8. The zero-order valence-electron chi connectivity index (χ0n) is 37.1. The Morgan fingerprint density at radius 2 is 1.50 bits per heavy atom. The quantitative estimate of drug-likeness (QED) is 0.128. The van der Waals surface area contributed by atoms with Crippen molar-refractivity contribution in [3.05, 3.63) is 76.7 Å². The number of halogens is 1. The number of hydrogen-bond acceptors (Lipinski definition) is 8. The van der Waals surface area contributed by atoms with Crippen LogP contribution in [-0.4, -0.2) is 69.9 Å². The number of Topliss-reactive ketones (excluding diaryl/α,β-unsaturated/α-hetero) is 1. The Labute approximate surface area is 348 Å². The second kappa shape index (κ2) is 39.0. The van der Waals surface area contributed by atoms with Crippen LogP contribution in [0.1, 0.15) is 140 Å². The van der Waals surface area contributed by atoms with Gasteiger partial charge >= 0.3 is 0 Å². The number of carbonyl (C=O) groups is 3. The number of nitrogens with one attached hydrogen (secondary N) is 1. The summed E-state index contributed by atoms with van der Waals surface area (Å²) in [6.07, 6.45) is 19.0.